The van der Waals surface area contributed by atoms with Crippen LogP contribution in [0, 0.1) is 5.41 Å². The van der Waals surface area contributed by atoms with Crippen molar-refractivity contribution in [2.24, 2.45) is 5.41 Å². The highest BCUT2D eigenvalue weighted by molar-refractivity contribution is 5.91. The van der Waals surface area contributed by atoms with Crippen molar-refractivity contribution < 1.29 is 14.6 Å². The molecule has 0 aromatic rings. The van der Waals surface area contributed by atoms with Crippen LogP contribution in [-0.4, -0.2) is 30.3 Å². The standard InChI is InChI=1S/C12H21NO3/c1-4-16-11(15)8-13-9-5-10(14)7-12(2,3)6-9/h5,11,13,15H,4,6-8H2,1-3H3. The van der Waals surface area contributed by atoms with Crippen molar-refractivity contribution in [3.63, 3.8) is 0 Å². The van der Waals surface area contributed by atoms with Crippen molar-refractivity contribution in [1.82, 2.24) is 5.32 Å². The third-order valence-corrected chi connectivity index (χ3v) is 2.52. The molecule has 0 bridgehead atoms. The summed E-state index contributed by atoms with van der Waals surface area (Å²) < 4.78 is 4.99. The molecule has 1 aliphatic carbocycles. The molecular weight excluding hydrogens is 206 g/mol. The third-order valence-electron chi connectivity index (χ3n) is 2.52. The molecule has 0 heterocycles. The second-order valence-electron chi connectivity index (χ2n) is 4.94. The average molecular weight is 227 g/mol. The van der Waals surface area contributed by atoms with Gasteiger partial charge < -0.3 is 15.2 Å². The van der Waals surface area contributed by atoms with E-state index in [1.165, 1.54) is 0 Å². The van der Waals surface area contributed by atoms with Gasteiger partial charge in [-0.3, -0.25) is 4.79 Å². The number of nitrogens with one attached hydrogen (secondary N) is 1. The lowest BCUT2D eigenvalue weighted by Crippen LogP contribution is -2.33. The molecule has 1 atom stereocenters. The molecule has 4 nitrogen and oxygen atoms in total. The van der Waals surface area contributed by atoms with Gasteiger partial charge in [0.2, 0.25) is 0 Å². The first-order valence-corrected chi connectivity index (χ1v) is 5.70. The van der Waals surface area contributed by atoms with Gasteiger partial charge in [0.05, 0.1) is 6.54 Å². The average Bonchev–Trinajstić information content (AvgIpc) is 2.12. The Morgan fingerprint density at radius 1 is 1.56 bits per heavy atom. The van der Waals surface area contributed by atoms with Gasteiger partial charge in [-0.1, -0.05) is 13.8 Å². The van der Waals surface area contributed by atoms with Crippen LogP contribution in [-0.2, 0) is 9.53 Å². The smallest absolute Gasteiger partial charge is 0.171 e. The summed E-state index contributed by atoms with van der Waals surface area (Å²) in [5.74, 6) is 0.143. The highest BCUT2D eigenvalue weighted by Crippen LogP contribution is 2.32. The molecule has 0 aliphatic heterocycles. The number of aliphatic hydroxyl groups excluding tert-OH is 1. The molecule has 1 rings (SSSR count). The fourth-order valence-corrected chi connectivity index (χ4v) is 1.93. The topological polar surface area (TPSA) is 58.6 Å². The molecular formula is C12H21NO3. The van der Waals surface area contributed by atoms with Crippen LogP contribution >= 0.6 is 0 Å². The Hall–Kier alpha value is -0.870. The molecule has 0 radical (unpaired) electrons. The molecule has 2 N–H and O–H groups in total. The van der Waals surface area contributed by atoms with E-state index in [2.05, 4.69) is 19.2 Å². The lowest BCUT2D eigenvalue weighted by molar-refractivity contribution is -0.117. The quantitative estimate of drug-likeness (QED) is 0.693. The maximum absolute atomic E-state index is 11.4. The van der Waals surface area contributed by atoms with Crippen molar-refractivity contribution in [2.75, 3.05) is 13.2 Å². The molecule has 0 aromatic carbocycles. The molecule has 1 unspecified atom stereocenters. The maximum Gasteiger partial charge on any atom is 0.171 e. The predicted octanol–water partition coefficient (Wildman–Crippen LogP) is 1.20. The predicted molar refractivity (Wildman–Crippen MR) is 61.7 cm³/mol. The van der Waals surface area contributed by atoms with Gasteiger partial charge >= 0.3 is 0 Å². The molecule has 92 valence electrons. The van der Waals surface area contributed by atoms with Gasteiger partial charge in [-0.2, -0.15) is 0 Å². The Balaban J connectivity index is 2.45. The Morgan fingerprint density at radius 3 is 2.81 bits per heavy atom. The van der Waals surface area contributed by atoms with E-state index in [0.29, 0.717) is 19.6 Å². The highest BCUT2D eigenvalue weighted by Gasteiger charge is 2.27. The van der Waals surface area contributed by atoms with Gasteiger partial charge in [0.25, 0.3) is 0 Å². The molecule has 0 saturated heterocycles. The van der Waals surface area contributed by atoms with Crippen molar-refractivity contribution in [2.45, 2.75) is 39.9 Å². The van der Waals surface area contributed by atoms with E-state index in [1.54, 1.807) is 6.08 Å². The summed E-state index contributed by atoms with van der Waals surface area (Å²) in [6.07, 6.45) is 2.24. The van der Waals surface area contributed by atoms with Crippen LogP contribution in [0.25, 0.3) is 0 Å². The largest absolute Gasteiger partial charge is 0.383 e. The van der Waals surface area contributed by atoms with E-state index in [0.717, 1.165) is 12.1 Å². The first kappa shape index (κ1) is 13.2. The number of ketones is 1. The lowest BCUT2D eigenvalue weighted by Gasteiger charge is -2.29. The molecule has 0 saturated carbocycles. The summed E-state index contributed by atoms with van der Waals surface area (Å²) >= 11 is 0. The summed E-state index contributed by atoms with van der Waals surface area (Å²) in [5.41, 5.74) is 0.894. The van der Waals surface area contributed by atoms with Gasteiger partial charge in [0.15, 0.2) is 12.1 Å². The normalized spacial score (nSPS) is 21.5. The molecule has 1 aliphatic rings. The molecule has 0 aromatic heterocycles. The Morgan fingerprint density at radius 2 is 2.25 bits per heavy atom. The van der Waals surface area contributed by atoms with Crippen molar-refractivity contribution >= 4 is 5.78 Å². The van der Waals surface area contributed by atoms with Crippen LogP contribution in [0.2, 0.25) is 0 Å². The van der Waals surface area contributed by atoms with Crippen LogP contribution in [0.15, 0.2) is 11.8 Å². The minimum Gasteiger partial charge on any atom is -0.383 e. The number of allylic oxidation sites excluding steroid dienone is 2. The molecule has 0 amide bonds. The van der Waals surface area contributed by atoms with E-state index in [4.69, 9.17) is 4.74 Å². The third kappa shape index (κ3) is 4.33. The SMILES string of the molecule is CCOC(O)CNC1=CC(=O)CC(C)(C)C1. The number of aliphatic hydroxyl groups is 1. The van der Waals surface area contributed by atoms with E-state index in [1.807, 2.05) is 6.92 Å². The van der Waals surface area contributed by atoms with E-state index < -0.39 is 6.29 Å². The number of hydrogen-bond acceptors (Lipinski definition) is 4. The van der Waals surface area contributed by atoms with Gasteiger partial charge in [-0.05, 0) is 18.8 Å². The van der Waals surface area contributed by atoms with Crippen molar-refractivity contribution in [3.05, 3.63) is 11.8 Å². The number of hydrogen-bond donors (Lipinski definition) is 2. The monoisotopic (exact) mass is 227 g/mol. The lowest BCUT2D eigenvalue weighted by atomic mass is 9.79. The Kier molecular flexibility index (Phi) is 4.50. The minimum absolute atomic E-state index is 0.00469. The van der Waals surface area contributed by atoms with Crippen molar-refractivity contribution in [3.8, 4) is 0 Å². The van der Waals surface area contributed by atoms with Gasteiger partial charge in [0, 0.05) is 24.8 Å². The number of rotatable bonds is 5. The number of carbonyl (C=O) groups excluding carboxylic acids is 1. The van der Waals surface area contributed by atoms with Gasteiger partial charge in [0.1, 0.15) is 0 Å². The first-order valence-electron chi connectivity index (χ1n) is 5.70. The molecule has 16 heavy (non-hydrogen) atoms. The van der Waals surface area contributed by atoms with Gasteiger partial charge in [-0.15, -0.1) is 0 Å². The van der Waals surface area contributed by atoms with Crippen LogP contribution in [0.3, 0.4) is 0 Å². The summed E-state index contributed by atoms with van der Waals surface area (Å²) in [6, 6.07) is 0. The summed E-state index contributed by atoms with van der Waals surface area (Å²) in [6.45, 7) is 6.77. The minimum atomic E-state index is -0.814. The molecule has 4 heteroatoms. The second kappa shape index (κ2) is 5.46. The van der Waals surface area contributed by atoms with E-state index in [-0.39, 0.29) is 11.2 Å². The van der Waals surface area contributed by atoms with Crippen LogP contribution in [0.1, 0.15) is 33.6 Å². The van der Waals surface area contributed by atoms with Gasteiger partial charge in [-0.25, -0.2) is 0 Å². The zero-order valence-electron chi connectivity index (χ0n) is 10.2. The van der Waals surface area contributed by atoms with E-state index in [9.17, 15) is 9.90 Å². The number of ether oxygens (including phenoxy) is 1. The molecule has 0 spiro atoms. The van der Waals surface area contributed by atoms with Crippen molar-refractivity contribution in [1.29, 1.82) is 0 Å². The second-order valence-corrected chi connectivity index (χ2v) is 4.94. The first-order chi connectivity index (χ1) is 7.43. The Bertz CT molecular complexity index is 284. The molecule has 0 fully saturated rings. The number of carbonyl (C=O) groups is 1. The summed E-state index contributed by atoms with van der Waals surface area (Å²) in [4.78, 5) is 11.4. The van der Waals surface area contributed by atoms with Crippen LogP contribution in [0.5, 0.6) is 0 Å². The highest BCUT2D eigenvalue weighted by atomic mass is 16.6. The fraction of sp³-hybridized carbons (Fsp3) is 0.750. The maximum atomic E-state index is 11.4. The van der Waals surface area contributed by atoms with E-state index >= 15 is 0 Å². The van der Waals surface area contributed by atoms with Crippen LogP contribution in [0.4, 0.5) is 0 Å². The fourth-order valence-electron chi connectivity index (χ4n) is 1.93. The zero-order chi connectivity index (χ0) is 12.2. The zero-order valence-corrected chi connectivity index (χ0v) is 10.2. The van der Waals surface area contributed by atoms with Crippen LogP contribution < -0.4 is 5.32 Å². The summed E-state index contributed by atoms with van der Waals surface area (Å²) in [5, 5.41) is 12.4. The summed E-state index contributed by atoms with van der Waals surface area (Å²) in [7, 11) is 0. The Labute approximate surface area is 96.7 Å².